The third-order valence-electron chi connectivity index (χ3n) is 3.26. The molecule has 1 aromatic carbocycles. The Morgan fingerprint density at radius 3 is 2.60 bits per heavy atom. The average molecular weight is 275 g/mol. The number of benzene rings is 1. The van der Waals surface area contributed by atoms with Gasteiger partial charge < -0.3 is 4.90 Å². The van der Waals surface area contributed by atoms with Crippen molar-refractivity contribution in [2.75, 3.05) is 11.4 Å². The van der Waals surface area contributed by atoms with Gasteiger partial charge >= 0.3 is 0 Å². The molecule has 0 spiro atoms. The molecule has 0 aliphatic carbocycles. The maximum Gasteiger partial charge on any atom is 0.289 e. The lowest BCUT2D eigenvalue weighted by Gasteiger charge is -2.29. The van der Waals surface area contributed by atoms with Crippen molar-refractivity contribution >= 4 is 11.4 Å². The van der Waals surface area contributed by atoms with Crippen LogP contribution in [0.1, 0.15) is 45.6 Å². The maximum atomic E-state index is 11.0. The van der Waals surface area contributed by atoms with Crippen molar-refractivity contribution in [2.45, 2.75) is 46.1 Å². The Morgan fingerprint density at radius 1 is 1.40 bits per heavy atom. The van der Waals surface area contributed by atoms with E-state index in [4.69, 9.17) is 5.26 Å². The summed E-state index contributed by atoms with van der Waals surface area (Å²) in [5.41, 5.74) is 0.795. The van der Waals surface area contributed by atoms with E-state index < -0.39 is 4.92 Å². The molecule has 1 aromatic rings. The summed E-state index contributed by atoms with van der Waals surface area (Å²) in [7, 11) is 0. The number of unbranched alkanes of at least 4 members (excludes halogenated alkanes) is 2. The van der Waals surface area contributed by atoms with Crippen molar-refractivity contribution < 1.29 is 4.92 Å². The molecule has 20 heavy (non-hydrogen) atoms. The van der Waals surface area contributed by atoms with Gasteiger partial charge in [0.05, 0.1) is 4.92 Å². The van der Waals surface area contributed by atoms with E-state index >= 15 is 0 Å². The van der Waals surface area contributed by atoms with Crippen LogP contribution in [-0.4, -0.2) is 17.5 Å². The Kier molecular flexibility index (Phi) is 5.98. The molecular formula is C15H21N3O2. The number of hydrogen-bond acceptors (Lipinski definition) is 4. The normalized spacial score (nSPS) is 10.3. The van der Waals surface area contributed by atoms with E-state index in [0.717, 1.165) is 31.5 Å². The van der Waals surface area contributed by atoms with Gasteiger partial charge in [-0.2, -0.15) is 5.26 Å². The van der Waals surface area contributed by atoms with Crippen LogP contribution in [0.15, 0.2) is 18.2 Å². The Hall–Kier alpha value is -2.09. The van der Waals surface area contributed by atoms with E-state index in [1.807, 2.05) is 6.07 Å². The van der Waals surface area contributed by atoms with Gasteiger partial charge in [0, 0.05) is 24.3 Å². The van der Waals surface area contributed by atoms with Gasteiger partial charge in [0.2, 0.25) is 0 Å². The fourth-order valence-corrected chi connectivity index (χ4v) is 2.16. The molecule has 0 saturated carbocycles. The zero-order chi connectivity index (χ0) is 15.1. The topological polar surface area (TPSA) is 70.2 Å². The lowest BCUT2D eigenvalue weighted by atomic mass is 10.1. The fraction of sp³-hybridized carbons (Fsp3) is 0.533. The van der Waals surface area contributed by atoms with Crippen LogP contribution in [0.3, 0.4) is 0 Å². The largest absolute Gasteiger partial charge is 0.369 e. The highest BCUT2D eigenvalue weighted by Crippen LogP contribution is 2.26. The Labute approximate surface area is 120 Å². The number of rotatable bonds is 7. The van der Waals surface area contributed by atoms with Crippen LogP contribution in [-0.2, 0) is 0 Å². The molecule has 0 bridgehead atoms. The van der Waals surface area contributed by atoms with Gasteiger partial charge in [-0.1, -0.05) is 19.8 Å². The molecule has 1 rings (SSSR count). The summed E-state index contributed by atoms with van der Waals surface area (Å²) < 4.78 is 0. The highest BCUT2D eigenvalue weighted by atomic mass is 16.6. The molecule has 0 radical (unpaired) electrons. The van der Waals surface area contributed by atoms with Gasteiger partial charge in [-0.05, 0) is 32.4 Å². The minimum atomic E-state index is -0.493. The molecule has 0 heterocycles. The van der Waals surface area contributed by atoms with E-state index in [-0.39, 0.29) is 17.3 Å². The summed E-state index contributed by atoms with van der Waals surface area (Å²) in [6.07, 6.45) is 3.34. The summed E-state index contributed by atoms with van der Waals surface area (Å²) in [5, 5.41) is 19.9. The molecule has 0 N–H and O–H groups in total. The molecule has 0 amide bonds. The quantitative estimate of drug-likeness (QED) is 0.430. The maximum absolute atomic E-state index is 11.0. The second-order valence-electron chi connectivity index (χ2n) is 5.06. The number of anilines is 1. The zero-order valence-corrected chi connectivity index (χ0v) is 12.3. The third kappa shape index (κ3) is 3.95. The smallest absolute Gasteiger partial charge is 0.289 e. The van der Waals surface area contributed by atoms with Crippen LogP contribution in [0.2, 0.25) is 0 Å². The van der Waals surface area contributed by atoms with Crippen molar-refractivity contribution in [1.82, 2.24) is 0 Å². The fourth-order valence-electron chi connectivity index (χ4n) is 2.16. The van der Waals surface area contributed by atoms with Crippen molar-refractivity contribution in [3.05, 3.63) is 33.9 Å². The number of nitrogens with zero attached hydrogens (tertiary/aromatic N) is 3. The molecule has 0 saturated heterocycles. The molecule has 0 aliphatic rings. The Morgan fingerprint density at radius 2 is 2.10 bits per heavy atom. The highest BCUT2D eigenvalue weighted by Gasteiger charge is 2.18. The minimum Gasteiger partial charge on any atom is -0.369 e. The molecule has 5 heteroatoms. The third-order valence-corrected chi connectivity index (χ3v) is 3.26. The first-order valence-electron chi connectivity index (χ1n) is 6.96. The van der Waals surface area contributed by atoms with Gasteiger partial charge in [0.15, 0.2) is 0 Å². The Balaban J connectivity index is 3.05. The Bertz CT molecular complexity index is 506. The van der Waals surface area contributed by atoms with Crippen LogP contribution in [0.25, 0.3) is 0 Å². The van der Waals surface area contributed by atoms with Crippen molar-refractivity contribution in [3.63, 3.8) is 0 Å². The SMILES string of the molecule is CCCCCN(c1ccc(C#N)c([N+](=O)[O-])c1)C(C)C. The second kappa shape index (κ2) is 7.49. The van der Waals surface area contributed by atoms with Crippen molar-refractivity contribution in [3.8, 4) is 6.07 Å². The summed E-state index contributed by atoms with van der Waals surface area (Å²) in [5.74, 6) is 0. The minimum absolute atomic E-state index is 0.107. The molecule has 0 fully saturated rings. The predicted octanol–water partition coefficient (Wildman–Crippen LogP) is 3.87. The van der Waals surface area contributed by atoms with E-state index in [1.165, 1.54) is 12.1 Å². The number of hydrogen-bond donors (Lipinski definition) is 0. The van der Waals surface area contributed by atoms with E-state index in [0.29, 0.717) is 0 Å². The van der Waals surface area contributed by atoms with E-state index in [9.17, 15) is 10.1 Å². The molecule has 5 nitrogen and oxygen atoms in total. The zero-order valence-electron chi connectivity index (χ0n) is 12.3. The van der Waals surface area contributed by atoms with Crippen LogP contribution >= 0.6 is 0 Å². The summed E-state index contributed by atoms with van der Waals surface area (Å²) in [6, 6.07) is 6.95. The summed E-state index contributed by atoms with van der Waals surface area (Å²) in [6.45, 7) is 7.15. The first kappa shape index (κ1) is 16.0. The van der Waals surface area contributed by atoms with Crippen LogP contribution in [0, 0.1) is 21.4 Å². The van der Waals surface area contributed by atoms with Gasteiger partial charge in [-0.15, -0.1) is 0 Å². The van der Waals surface area contributed by atoms with E-state index in [1.54, 1.807) is 6.07 Å². The first-order valence-corrected chi connectivity index (χ1v) is 6.96. The summed E-state index contributed by atoms with van der Waals surface area (Å²) in [4.78, 5) is 12.7. The number of nitriles is 1. The molecule has 0 aromatic heterocycles. The summed E-state index contributed by atoms with van der Waals surface area (Å²) >= 11 is 0. The average Bonchev–Trinajstić information content (AvgIpc) is 2.42. The monoisotopic (exact) mass is 275 g/mol. The van der Waals surface area contributed by atoms with Crippen LogP contribution in [0.5, 0.6) is 0 Å². The second-order valence-corrected chi connectivity index (χ2v) is 5.06. The van der Waals surface area contributed by atoms with Gasteiger partial charge in [-0.25, -0.2) is 0 Å². The highest BCUT2D eigenvalue weighted by molar-refractivity contribution is 5.60. The van der Waals surface area contributed by atoms with Crippen molar-refractivity contribution in [2.24, 2.45) is 0 Å². The van der Waals surface area contributed by atoms with Gasteiger partial charge in [0.1, 0.15) is 11.6 Å². The molecular weight excluding hydrogens is 254 g/mol. The van der Waals surface area contributed by atoms with E-state index in [2.05, 4.69) is 25.7 Å². The van der Waals surface area contributed by atoms with Crippen LogP contribution in [0.4, 0.5) is 11.4 Å². The number of nitro benzene ring substituents is 1. The first-order chi connectivity index (χ1) is 9.51. The van der Waals surface area contributed by atoms with Gasteiger partial charge in [-0.3, -0.25) is 10.1 Å². The predicted molar refractivity (Wildman–Crippen MR) is 79.8 cm³/mol. The van der Waals surface area contributed by atoms with Crippen LogP contribution < -0.4 is 4.90 Å². The van der Waals surface area contributed by atoms with Gasteiger partial charge in [0.25, 0.3) is 5.69 Å². The molecule has 0 aliphatic heterocycles. The molecule has 0 atom stereocenters. The standard InChI is InChI=1S/C15H21N3O2/c1-4-5-6-9-17(12(2)3)14-8-7-13(11-16)15(10-14)18(19)20/h7-8,10,12H,4-6,9H2,1-3H3. The number of nitro groups is 1. The molecule has 108 valence electrons. The van der Waals surface area contributed by atoms with Crippen molar-refractivity contribution in [1.29, 1.82) is 5.26 Å². The lowest BCUT2D eigenvalue weighted by molar-refractivity contribution is -0.385. The molecule has 0 unspecified atom stereocenters. The lowest BCUT2D eigenvalue weighted by Crippen LogP contribution is -2.31.